The maximum Gasteiger partial charge on any atom is 0.255 e. The van der Waals surface area contributed by atoms with Crippen LogP contribution in [0, 0.1) is 11.8 Å². The van der Waals surface area contributed by atoms with E-state index in [0.717, 1.165) is 0 Å². The van der Waals surface area contributed by atoms with Gasteiger partial charge in [0.2, 0.25) is 5.78 Å². The monoisotopic (exact) mass is 488 g/mol. The molecule has 9 N–H and O–H groups in total. The summed E-state index contributed by atoms with van der Waals surface area (Å²) in [5.41, 5.74) is 7.82. The van der Waals surface area contributed by atoms with Gasteiger partial charge in [-0.1, -0.05) is 0 Å². The van der Waals surface area contributed by atoms with Gasteiger partial charge in [-0.15, -0.1) is 0 Å². The van der Waals surface area contributed by atoms with Crippen molar-refractivity contribution in [1.29, 1.82) is 0 Å². The van der Waals surface area contributed by atoms with Crippen molar-refractivity contribution in [3.63, 3.8) is 0 Å². The molecule has 34 heavy (non-hydrogen) atoms. The number of primary amides is 1. The number of phenolic OH excluding ortho intramolecular Hbond substituents is 1. The first-order valence-corrected chi connectivity index (χ1v) is 10.8. The van der Waals surface area contributed by atoms with Gasteiger partial charge in [0, 0.05) is 17.2 Å². The summed E-state index contributed by atoms with van der Waals surface area (Å²) in [6, 6.07) is 1.72. The highest BCUT2D eigenvalue weighted by molar-refractivity contribution is 7.80. The van der Waals surface area contributed by atoms with Gasteiger partial charge in [-0.2, -0.15) is 0 Å². The number of anilines is 1. The number of nitrogens with one attached hydrogen (secondary N) is 1. The number of phenols is 1. The number of amides is 1. The van der Waals surface area contributed by atoms with E-state index < -0.39 is 58.0 Å². The molecule has 2 unspecified atom stereocenters. The molecular weight excluding hydrogens is 464 g/mol. The van der Waals surface area contributed by atoms with Gasteiger partial charge < -0.3 is 37.2 Å². The number of hydrogen-bond acceptors (Lipinski definition) is 9. The third-order valence-electron chi connectivity index (χ3n) is 6.86. The van der Waals surface area contributed by atoms with Crippen LogP contribution < -0.4 is 16.8 Å². The Morgan fingerprint density at radius 1 is 1.21 bits per heavy atom. The number of rotatable bonds is 3. The third-order valence-corrected chi connectivity index (χ3v) is 6.97. The maximum atomic E-state index is 13.5. The Hall–Kier alpha value is -3.48. The molecule has 3 aliphatic carbocycles. The molecule has 0 radical (unpaired) electrons. The lowest BCUT2D eigenvalue weighted by Gasteiger charge is -2.50. The molecule has 0 bridgehead atoms. The minimum atomic E-state index is -2.67. The maximum absolute atomic E-state index is 13.5. The average molecular weight is 489 g/mol. The Kier molecular flexibility index (Phi) is 5.42. The largest absolute Gasteiger partial charge is 0.510 e. The number of nitrogens with zero attached hydrogens (tertiary/aromatic N) is 1. The van der Waals surface area contributed by atoms with Crippen LogP contribution in [0.2, 0.25) is 0 Å². The summed E-state index contributed by atoms with van der Waals surface area (Å²) in [7, 11) is 3.13. The first kappa shape index (κ1) is 23.7. The minimum Gasteiger partial charge on any atom is -0.510 e. The standard InChI is InChI=1S/C22H24N4O7S/c1-26(2)15-9-6-7-5-8-10(25-21(24)34)3-4-11(27)13(8)16(28)12(7)18(30)22(9,33)19(31)14(17(15)29)20(23)32/h3-4,7,9,15,27,29-30,33H,5-6H2,1-2H3,(H2,23,32)(H3,24,25,34)/t7?,9?,15-,22-/m0/s1. The van der Waals surface area contributed by atoms with Crippen molar-refractivity contribution < 1.29 is 34.8 Å². The topological polar surface area (TPSA) is 199 Å². The van der Waals surface area contributed by atoms with Crippen molar-refractivity contribution in [2.75, 3.05) is 19.4 Å². The van der Waals surface area contributed by atoms with Gasteiger partial charge in [-0.05, 0) is 62.8 Å². The van der Waals surface area contributed by atoms with Crippen molar-refractivity contribution in [3.05, 3.63) is 45.9 Å². The molecule has 12 heteroatoms. The molecule has 0 aromatic heterocycles. The molecule has 1 aromatic carbocycles. The van der Waals surface area contributed by atoms with E-state index in [-0.39, 0.29) is 34.8 Å². The lowest BCUT2D eigenvalue weighted by atomic mass is 9.58. The number of nitrogens with two attached hydrogens (primary N) is 2. The van der Waals surface area contributed by atoms with Crippen LogP contribution in [0.15, 0.2) is 34.8 Å². The van der Waals surface area contributed by atoms with Crippen molar-refractivity contribution in [1.82, 2.24) is 4.90 Å². The van der Waals surface area contributed by atoms with Crippen molar-refractivity contribution >= 4 is 40.5 Å². The molecule has 0 fully saturated rings. The summed E-state index contributed by atoms with van der Waals surface area (Å²) >= 11 is 4.89. The summed E-state index contributed by atoms with van der Waals surface area (Å²) in [4.78, 5) is 40.1. The van der Waals surface area contributed by atoms with E-state index in [1.54, 1.807) is 14.1 Å². The van der Waals surface area contributed by atoms with E-state index in [1.165, 1.54) is 17.0 Å². The number of fused-ring (bicyclic) bond motifs is 3. The predicted octanol–water partition coefficient (Wildman–Crippen LogP) is -0.224. The summed E-state index contributed by atoms with van der Waals surface area (Å²) in [6.45, 7) is 0. The lowest BCUT2D eigenvalue weighted by Crippen LogP contribution is -2.63. The van der Waals surface area contributed by atoms with Crippen molar-refractivity contribution in [3.8, 4) is 5.75 Å². The second-order valence-corrected chi connectivity index (χ2v) is 9.38. The molecule has 0 aliphatic heterocycles. The Labute approximate surface area is 199 Å². The molecule has 11 nitrogen and oxygen atoms in total. The van der Waals surface area contributed by atoms with Crippen LogP contribution in [0.1, 0.15) is 22.3 Å². The van der Waals surface area contributed by atoms with E-state index >= 15 is 0 Å². The first-order valence-electron chi connectivity index (χ1n) is 10.4. The summed E-state index contributed by atoms with van der Waals surface area (Å²) < 4.78 is 0. The molecule has 1 aromatic rings. The molecule has 4 atom stereocenters. The van der Waals surface area contributed by atoms with E-state index in [9.17, 15) is 34.8 Å². The van der Waals surface area contributed by atoms with Gasteiger partial charge in [0.1, 0.15) is 22.8 Å². The van der Waals surface area contributed by atoms with Crippen LogP contribution in [0.25, 0.3) is 0 Å². The van der Waals surface area contributed by atoms with Crippen molar-refractivity contribution in [2.45, 2.75) is 24.5 Å². The van der Waals surface area contributed by atoms with Crippen LogP contribution in [0.3, 0.4) is 0 Å². The number of hydrogen-bond donors (Lipinski definition) is 7. The lowest BCUT2D eigenvalue weighted by molar-refractivity contribution is -0.148. The number of aromatic hydroxyl groups is 1. The highest BCUT2D eigenvalue weighted by Crippen LogP contribution is 2.52. The number of likely N-dealkylation sites (N-methyl/N-ethyl adjacent to an activating group) is 1. The van der Waals surface area contributed by atoms with Gasteiger partial charge >= 0.3 is 0 Å². The van der Waals surface area contributed by atoms with E-state index in [0.29, 0.717) is 11.3 Å². The zero-order valence-corrected chi connectivity index (χ0v) is 19.1. The number of carbonyl (C=O) groups is 3. The number of Topliss-reactive ketones (excluding diaryl/α,β-unsaturated/α-hetero) is 2. The van der Waals surface area contributed by atoms with Gasteiger partial charge in [0.25, 0.3) is 5.91 Å². The summed E-state index contributed by atoms with van der Waals surface area (Å²) in [5.74, 6) is -7.01. The summed E-state index contributed by atoms with van der Waals surface area (Å²) in [6.07, 6.45) is 0.127. The number of carbonyl (C=O) groups excluding carboxylic acids is 3. The molecule has 4 rings (SSSR count). The highest BCUT2D eigenvalue weighted by atomic mass is 32.1. The molecule has 0 spiro atoms. The van der Waals surface area contributed by atoms with Crippen LogP contribution in [0.5, 0.6) is 5.75 Å². The van der Waals surface area contributed by atoms with Gasteiger partial charge in [0.05, 0.1) is 11.6 Å². The van der Waals surface area contributed by atoms with Gasteiger partial charge in [0.15, 0.2) is 16.5 Å². The zero-order chi connectivity index (χ0) is 25.3. The molecule has 0 heterocycles. The predicted molar refractivity (Wildman–Crippen MR) is 124 cm³/mol. The Balaban J connectivity index is 1.95. The molecular formula is C22H24N4O7S. The minimum absolute atomic E-state index is 0.00602. The molecule has 3 aliphatic rings. The van der Waals surface area contributed by atoms with Crippen LogP contribution in [-0.2, 0) is 16.0 Å². The number of allylic oxidation sites excluding steroid dienone is 1. The number of aliphatic hydroxyl groups is 3. The number of benzene rings is 1. The smallest absolute Gasteiger partial charge is 0.255 e. The van der Waals surface area contributed by atoms with Crippen LogP contribution in [-0.4, -0.2) is 73.7 Å². The molecule has 0 saturated heterocycles. The Morgan fingerprint density at radius 3 is 2.41 bits per heavy atom. The van der Waals surface area contributed by atoms with Crippen molar-refractivity contribution in [2.24, 2.45) is 23.3 Å². The Bertz CT molecular complexity index is 1240. The molecule has 180 valence electrons. The average Bonchev–Trinajstić information content (AvgIpc) is 2.72. The highest BCUT2D eigenvalue weighted by Gasteiger charge is 2.63. The fourth-order valence-corrected chi connectivity index (χ4v) is 5.61. The molecule has 1 amide bonds. The first-order chi connectivity index (χ1) is 15.8. The second kappa shape index (κ2) is 7.79. The molecule has 0 saturated carbocycles. The number of aliphatic hydroxyl groups excluding tert-OH is 2. The van der Waals surface area contributed by atoms with E-state index in [1.807, 2.05) is 0 Å². The zero-order valence-electron chi connectivity index (χ0n) is 18.3. The van der Waals surface area contributed by atoms with Gasteiger partial charge in [-0.25, -0.2) is 0 Å². The fourth-order valence-electron chi connectivity index (χ4n) is 5.50. The van der Waals surface area contributed by atoms with E-state index in [2.05, 4.69) is 5.32 Å². The van der Waals surface area contributed by atoms with E-state index in [4.69, 9.17) is 23.7 Å². The second-order valence-electron chi connectivity index (χ2n) is 8.94. The SMILES string of the molecule is CN(C)[C@@H]1C(O)=C(C(N)=O)C(=O)[C@@]2(O)C(O)=C3C(=O)c4c(O)ccc(NC(N)=S)c4CC3CC12. The quantitative estimate of drug-likeness (QED) is 0.168. The Morgan fingerprint density at radius 2 is 1.85 bits per heavy atom. The van der Waals surface area contributed by atoms with Crippen LogP contribution in [0.4, 0.5) is 5.69 Å². The number of thiocarbonyl (C=S) groups is 1. The fraction of sp³-hybridized carbons (Fsp3) is 0.364. The normalized spacial score (nSPS) is 28.4. The summed E-state index contributed by atoms with van der Waals surface area (Å²) in [5, 5.41) is 46.6. The third kappa shape index (κ3) is 3.10. The number of ketones is 2. The van der Waals surface area contributed by atoms with Crippen LogP contribution >= 0.6 is 12.2 Å². The van der Waals surface area contributed by atoms with Gasteiger partial charge in [-0.3, -0.25) is 19.3 Å².